The molecule has 0 unspecified atom stereocenters. The molecule has 6 nitrogen and oxygen atoms in total. The predicted molar refractivity (Wildman–Crippen MR) is 101 cm³/mol. The van der Waals surface area contributed by atoms with Gasteiger partial charge in [-0.3, -0.25) is 14.4 Å². The summed E-state index contributed by atoms with van der Waals surface area (Å²) < 4.78 is 13.3. The molecule has 3 N–H and O–H groups in total. The number of aryl methyl sites for hydroxylation is 1. The van der Waals surface area contributed by atoms with E-state index in [1.54, 1.807) is 17.9 Å². The minimum absolute atomic E-state index is 0.119. The van der Waals surface area contributed by atoms with Gasteiger partial charge in [-0.2, -0.15) is 0 Å². The molecule has 2 heterocycles. The molecule has 1 aliphatic rings. The van der Waals surface area contributed by atoms with Crippen LogP contribution in [0.1, 0.15) is 38.4 Å². The number of benzene rings is 1. The normalized spacial score (nSPS) is 14.8. The van der Waals surface area contributed by atoms with E-state index in [1.165, 1.54) is 29.5 Å². The van der Waals surface area contributed by atoms with Crippen LogP contribution in [0.15, 0.2) is 30.3 Å². The van der Waals surface area contributed by atoms with Crippen molar-refractivity contribution in [3.63, 3.8) is 0 Å². The second kappa shape index (κ2) is 7.87. The Hall–Kier alpha value is -2.74. The molecule has 142 valence electrons. The van der Waals surface area contributed by atoms with Gasteiger partial charge in [-0.15, -0.1) is 11.3 Å². The van der Waals surface area contributed by atoms with Crippen molar-refractivity contribution in [3.8, 4) is 0 Å². The first-order valence-electron chi connectivity index (χ1n) is 8.61. The molecule has 1 aromatic carbocycles. The number of carbonyl (C=O) groups is 3. The lowest BCUT2D eigenvalue weighted by molar-refractivity contribution is -0.123. The summed E-state index contributed by atoms with van der Waals surface area (Å²) in [5.74, 6) is -1.54. The number of primary amides is 1. The van der Waals surface area contributed by atoms with Crippen LogP contribution >= 0.6 is 11.3 Å². The first-order chi connectivity index (χ1) is 12.8. The van der Waals surface area contributed by atoms with Gasteiger partial charge in [-0.25, -0.2) is 4.39 Å². The maximum absolute atomic E-state index is 13.3. The number of halogens is 1. The molecule has 2 aromatic rings. The summed E-state index contributed by atoms with van der Waals surface area (Å²) in [6.07, 6.45) is 1.13. The standard InChI is InChI=1S/C19H20FN3O3S/c1-11-9-15(22-18(25)13-3-2-4-14(20)10-13)27-16(11)19(26)23-7-5-12(6-8-23)17(21)24/h2-4,9-10,12H,5-8H2,1H3,(H2,21,24)(H,22,25). The number of amides is 3. The Balaban J connectivity index is 1.68. The van der Waals surface area contributed by atoms with Crippen molar-refractivity contribution in [2.75, 3.05) is 18.4 Å². The number of hydrogen-bond acceptors (Lipinski definition) is 4. The third-order valence-electron chi connectivity index (χ3n) is 4.62. The lowest BCUT2D eigenvalue weighted by Gasteiger charge is -2.30. The van der Waals surface area contributed by atoms with Gasteiger partial charge in [0.1, 0.15) is 5.82 Å². The molecule has 0 radical (unpaired) electrons. The van der Waals surface area contributed by atoms with Crippen LogP contribution in [0.5, 0.6) is 0 Å². The number of carbonyl (C=O) groups excluding carboxylic acids is 3. The monoisotopic (exact) mass is 389 g/mol. The Bertz CT molecular complexity index is 888. The van der Waals surface area contributed by atoms with E-state index in [0.29, 0.717) is 35.8 Å². The van der Waals surface area contributed by atoms with E-state index < -0.39 is 11.7 Å². The van der Waals surface area contributed by atoms with E-state index in [9.17, 15) is 18.8 Å². The number of anilines is 1. The Morgan fingerprint density at radius 3 is 2.56 bits per heavy atom. The number of piperidine rings is 1. The fourth-order valence-electron chi connectivity index (χ4n) is 3.08. The van der Waals surface area contributed by atoms with Crippen molar-refractivity contribution in [3.05, 3.63) is 52.2 Å². The topological polar surface area (TPSA) is 92.5 Å². The lowest BCUT2D eigenvalue weighted by Crippen LogP contribution is -2.41. The minimum atomic E-state index is -0.486. The average molecular weight is 389 g/mol. The maximum Gasteiger partial charge on any atom is 0.264 e. The first-order valence-corrected chi connectivity index (χ1v) is 9.42. The van der Waals surface area contributed by atoms with Gasteiger partial charge < -0.3 is 16.0 Å². The van der Waals surface area contributed by atoms with E-state index in [2.05, 4.69) is 5.32 Å². The van der Waals surface area contributed by atoms with Crippen molar-refractivity contribution in [2.24, 2.45) is 11.7 Å². The van der Waals surface area contributed by atoms with E-state index in [0.717, 1.165) is 11.6 Å². The highest BCUT2D eigenvalue weighted by Crippen LogP contribution is 2.29. The van der Waals surface area contributed by atoms with Crippen molar-refractivity contribution < 1.29 is 18.8 Å². The zero-order valence-corrected chi connectivity index (χ0v) is 15.6. The summed E-state index contributed by atoms with van der Waals surface area (Å²) in [4.78, 5) is 38.5. The van der Waals surface area contributed by atoms with Crippen LogP contribution in [0.4, 0.5) is 9.39 Å². The predicted octanol–water partition coefficient (Wildman–Crippen LogP) is 2.79. The highest BCUT2D eigenvalue weighted by Gasteiger charge is 2.28. The largest absolute Gasteiger partial charge is 0.369 e. The molecule has 0 atom stereocenters. The third-order valence-corrected chi connectivity index (χ3v) is 5.76. The molecule has 0 aliphatic carbocycles. The summed E-state index contributed by atoms with van der Waals surface area (Å²) in [5, 5.41) is 3.23. The molecule has 3 amide bonds. The molecule has 1 saturated heterocycles. The number of hydrogen-bond donors (Lipinski definition) is 2. The van der Waals surface area contributed by atoms with Gasteiger partial charge in [0.15, 0.2) is 0 Å². The highest BCUT2D eigenvalue weighted by atomic mass is 32.1. The zero-order valence-electron chi connectivity index (χ0n) is 14.8. The molecule has 0 bridgehead atoms. The molecule has 8 heteroatoms. The zero-order chi connectivity index (χ0) is 19.6. The van der Waals surface area contributed by atoms with Crippen molar-refractivity contribution in [1.29, 1.82) is 0 Å². The molecule has 27 heavy (non-hydrogen) atoms. The number of nitrogens with one attached hydrogen (secondary N) is 1. The summed E-state index contributed by atoms with van der Waals surface area (Å²) in [6, 6.07) is 7.14. The van der Waals surface area contributed by atoms with Gasteiger partial charge in [0.25, 0.3) is 11.8 Å². The second-order valence-electron chi connectivity index (χ2n) is 6.56. The summed E-state index contributed by atoms with van der Waals surface area (Å²) in [6.45, 7) is 2.77. The van der Waals surface area contributed by atoms with Crippen molar-refractivity contribution in [1.82, 2.24) is 4.90 Å². The maximum atomic E-state index is 13.3. The van der Waals surface area contributed by atoms with Gasteiger partial charge >= 0.3 is 0 Å². The van der Waals surface area contributed by atoms with E-state index in [-0.39, 0.29) is 23.3 Å². The number of nitrogens with two attached hydrogens (primary N) is 1. The van der Waals surface area contributed by atoms with E-state index in [4.69, 9.17) is 5.73 Å². The van der Waals surface area contributed by atoms with Crippen LogP contribution in [0.25, 0.3) is 0 Å². The smallest absolute Gasteiger partial charge is 0.264 e. The molecule has 1 aromatic heterocycles. The molecule has 1 aliphatic heterocycles. The number of rotatable bonds is 4. The fraction of sp³-hybridized carbons (Fsp3) is 0.316. The van der Waals surface area contributed by atoms with Crippen LogP contribution in [0, 0.1) is 18.7 Å². The van der Waals surface area contributed by atoms with Crippen LogP contribution < -0.4 is 11.1 Å². The molecule has 0 saturated carbocycles. The lowest BCUT2D eigenvalue weighted by atomic mass is 9.96. The van der Waals surface area contributed by atoms with Gasteiger partial charge in [-0.05, 0) is 49.6 Å². The molecule has 1 fully saturated rings. The van der Waals surface area contributed by atoms with Crippen LogP contribution in [-0.4, -0.2) is 35.7 Å². The fourth-order valence-corrected chi connectivity index (χ4v) is 4.12. The quantitative estimate of drug-likeness (QED) is 0.842. The van der Waals surface area contributed by atoms with Crippen LogP contribution in [0.2, 0.25) is 0 Å². The molecular formula is C19H20FN3O3S. The van der Waals surface area contributed by atoms with Gasteiger partial charge in [-0.1, -0.05) is 6.07 Å². The number of likely N-dealkylation sites (tertiary alicyclic amines) is 1. The van der Waals surface area contributed by atoms with Crippen molar-refractivity contribution >= 4 is 34.1 Å². The SMILES string of the molecule is Cc1cc(NC(=O)c2cccc(F)c2)sc1C(=O)N1CCC(C(N)=O)CC1. The van der Waals surface area contributed by atoms with Crippen molar-refractivity contribution in [2.45, 2.75) is 19.8 Å². The van der Waals surface area contributed by atoms with Gasteiger partial charge in [0, 0.05) is 24.6 Å². The highest BCUT2D eigenvalue weighted by molar-refractivity contribution is 7.18. The average Bonchev–Trinajstić information content (AvgIpc) is 3.01. The van der Waals surface area contributed by atoms with E-state index >= 15 is 0 Å². The first kappa shape index (κ1) is 19.0. The second-order valence-corrected chi connectivity index (χ2v) is 7.61. The van der Waals surface area contributed by atoms with Gasteiger partial charge in [0.05, 0.1) is 9.88 Å². The van der Waals surface area contributed by atoms with Gasteiger partial charge in [0.2, 0.25) is 5.91 Å². The molecule has 0 spiro atoms. The van der Waals surface area contributed by atoms with Crippen LogP contribution in [0.3, 0.4) is 0 Å². The summed E-state index contributed by atoms with van der Waals surface area (Å²) >= 11 is 1.19. The van der Waals surface area contributed by atoms with E-state index in [1.807, 2.05) is 0 Å². The Kier molecular flexibility index (Phi) is 5.55. The summed E-state index contributed by atoms with van der Waals surface area (Å²) in [7, 11) is 0. The van der Waals surface area contributed by atoms with Crippen LogP contribution in [-0.2, 0) is 4.79 Å². The molecular weight excluding hydrogens is 369 g/mol. The Labute approximate surface area is 160 Å². The Morgan fingerprint density at radius 2 is 1.93 bits per heavy atom. The number of nitrogens with zero attached hydrogens (tertiary/aromatic N) is 1. The number of thiophene rings is 1. The third kappa shape index (κ3) is 4.33. The Morgan fingerprint density at radius 1 is 1.22 bits per heavy atom. The molecule has 3 rings (SSSR count). The summed E-state index contributed by atoms with van der Waals surface area (Å²) in [5.41, 5.74) is 6.30. The minimum Gasteiger partial charge on any atom is -0.369 e.